The molecule has 0 aliphatic carbocycles. The number of carbonyl (C=O) groups is 2. The van der Waals surface area contributed by atoms with Gasteiger partial charge in [-0.1, -0.05) is 50.2 Å². The van der Waals surface area contributed by atoms with Crippen LogP contribution in [0.15, 0.2) is 53.9 Å². The monoisotopic (exact) mass is 437 g/mol. The Morgan fingerprint density at radius 3 is 2.77 bits per heavy atom. The molecule has 2 atom stereocenters. The second-order valence-electron chi connectivity index (χ2n) is 8.06. The molecule has 2 unspecified atom stereocenters. The molecule has 0 saturated carbocycles. The molecule has 7 nitrogen and oxygen atoms in total. The van der Waals surface area contributed by atoms with Crippen molar-refractivity contribution in [3.05, 3.63) is 59.5 Å². The summed E-state index contributed by atoms with van der Waals surface area (Å²) in [5.41, 5.74) is 1.88. The van der Waals surface area contributed by atoms with E-state index in [0.717, 1.165) is 16.1 Å². The van der Waals surface area contributed by atoms with Crippen LogP contribution in [0, 0.1) is 5.92 Å². The minimum atomic E-state index is -0.521. The van der Waals surface area contributed by atoms with Gasteiger partial charge in [-0.3, -0.25) is 14.9 Å². The molecule has 2 aromatic heterocycles. The van der Waals surface area contributed by atoms with Crippen molar-refractivity contribution >= 4 is 29.0 Å². The molecule has 0 bridgehead atoms. The van der Waals surface area contributed by atoms with Gasteiger partial charge in [-0.05, 0) is 29.3 Å². The zero-order valence-corrected chi connectivity index (χ0v) is 18.5. The van der Waals surface area contributed by atoms with E-state index in [1.165, 1.54) is 0 Å². The van der Waals surface area contributed by atoms with Crippen LogP contribution in [0.2, 0.25) is 0 Å². The smallest absolute Gasteiger partial charge is 0.225 e. The number of thiophene rings is 1. The largest absolute Gasteiger partial charge is 0.322 e. The third-order valence-electron chi connectivity index (χ3n) is 5.38. The topological polar surface area (TPSA) is 88.1 Å². The highest BCUT2D eigenvalue weighted by Gasteiger charge is 2.31. The first-order valence-electron chi connectivity index (χ1n) is 10.5. The summed E-state index contributed by atoms with van der Waals surface area (Å²) in [6, 6.07) is 15.8. The van der Waals surface area contributed by atoms with Gasteiger partial charge in [0.15, 0.2) is 6.29 Å². The summed E-state index contributed by atoms with van der Waals surface area (Å²) in [7, 11) is 0. The highest BCUT2D eigenvalue weighted by atomic mass is 32.1. The number of carbonyl (C=O) groups excluding carboxylic acids is 2. The maximum atomic E-state index is 12.7. The molecule has 1 aliphatic heterocycles. The van der Waals surface area contributed by atoms with E-state index >= 15 is 0 Å². The summed E-state index contributed by atoms with van der Waals surface area (Å²) in [5, 5.41) is 16.1. The maximum absolute atomic E-state index is 12.7. The summed E-state index contributed by atoms with van der Waals surface area (Å²) < 4.78 is 1.67. The Kier molecular flexibility index (Phi) is 6.48. The van der Waals surface area contributed by atoms with E-state index in [2.05, 4.69) is 29.8 Å². The number of hydrogen-bond donors (Lipinski definition) is 3. The van der Waals surface area contributed by atoms with Crippen LogP contribution in [0.3, 0.4) is 0 Å². The Morgan fingerprint density at radius 1 is 1.26 bits per heavy atom. The normalized spacial score (nSPS) is 18.7. The van der Waals surface area contributed by atoms with E-state index < -0.39 is 6.29 Å². The molecule has 1 saturated heterocycles. The number of hydrogen-bond acceptors (Lipinski definition) is 5. The fourth-order valence-electron chi connectivity index (χ4n) is 3.61. The van der Waals surface area contributed by atoms with Crippen molar-refractivity contribution in [2.75, 3.05) is 5.32 Å². The van der Waals surface area contributed by atoms with Crippen LogP contribution < -0.4 is 16.0 Å². The van der Waals surface area contributed by atoms with Crippen molar-refractivity contribution in [2.24, 2.45) is 5.92 Å². The first-order valence-corrected chi connectivity index (χ1v) is 11.4. The van der Waals surface area contributed by atoms with Gasteiger partial charge in [0.25, 0.3) is 0 Å². The lowest BCUT2D eigenvalue weighted by Gasteiger charge is -2.34. The van der Waals surface area contributed by atoms with Gasteiger partial charge >= 0.3 is 0 Å². The van der Waals surface area contributed by atoms with Crippen LogP contribution >= 0.6 is 11.3 Å². The van der Waals surface area contributed by atoms with Crippen molar-refractivity contribution in [3.63, 3.8) is 0 Å². The number of anilines is 1. The molecule has 1 aromatic carbocycles. The molecule has 2 amide bonds. The van der Waals surface area contributed by atoms with Crippen LogP contribution in [0.5, 0.6) is 0 Å². The SMILES string of the molecule is CC(C)C1CC(=O)NC(n2nc(-c3cccs3)cc2NC(=O)CCc2ccccc2)N1. The minimum Gasteiger partial charge on any atom is -0.322 e. The van der Waals surface area contributed by atoms with E-state index in [0.29, 0.717) is 31.0 Å². The van der Waals surface area contributed by atoms with Crippen LogP contribution in [0.4, 0.5) is 5.82 Å². The average molecular weight is 438 g/mol. The molecule has 162 valence electrons. The Bertz CT molecular complexity index is 1030. The summed E-state index contributed by atoms with van der Waals surface area (Å²) in [6.45, 7) is 4.17. The van der Waals surface area contributed by atoms with Gasteiger partial charge in [-0.2, -0.15) is 5.10 Å². The van der Waals surface area contributed by atoms with E-state index in [9.17, 15) is 9.59 Å². The zero-order chi connectivity index (χ0) is 21.8. The number of amides is 2. The summed E-state index contributed by atoms with van der Waals surface area (Å²) in [5.74, 6) is 0.732. The lowest BCUT2D eigenvalue weighted by molar-refractivity contribution is -0.126. The highest BCUT2D eigenvalue weighted by Crippen LogP contribution is 2.28. The molecular formula is C23H27N5O2S. The molecule has 3 heterocycles. The van der Waals surface area contributed by atoms with Gasteiger partial charge in [0.05, 0.1) is 4.88 Å². The van der Waals surface area contributed by atoms with Gasteiger partial charge < -0.3 is 10.6 Å². The van der Waals surface area contributed by atoms with Gasteiger partial charge in [0, 0.05) is 24.9 Å². The number of rotatable bonds is 7. The molecular weight excluding hydrogens is 410 g/mol. The average Bonchev–Trinajstić information content (AvgIpc) is 3.42. The molecule has 3 aromatic rings. The third kappa shape index (κ3) is 5.21. The lowest BCUT2D eigenvalue weighted by atomic mass is 9.99. The first kappa shape index (κ1) is 21.3. The van der Waals surface area contributed by atoms with Gasteiger partial charge in [0.1, 0.15) is 11.5 Å². The van der Waals surface area contributed by atoms with Crippen molar-refractivity contribution < 1.29 is 9.59 Å². The third-order valence-corrected chi connectivity index (χ3v) is 6.28. The predicted octanol–water partition coefficient (Wildman–Crippen LogP) is 3.77. The Balaban J connectivity index is 1.55. The molecule has 1 fully saturated rings. The van der Waals surface area contributed by atoms with Gasteiger partial charge in [-0.15, -0.1) is 11.3 Å². The molecule has 8 heteroatoms. The van der Waals surface area contributed by atoms with E-state index in [1.807, 2.05) is 53.9 Å². The number of nitrogens with one attached hydrogen (secondary N) is 3. The number of nitrogens with zero attached hydrogens (tertiary/aromatic N) is 2. The number of aromatic nitrogens is 2. The van der Waals surface area contributed by atoms with Crippen molar-refractivity contribution in [2.45, 2.75) is 45.4 Å². The standard InChI is InChI=1S/C23H27N5O2S/c1-15(2)17-14-22(30)26-23(24-17)28-20(13-18(27-28)19-9-6-12-31-19)25-21(29)11-10-16-7-4-3-5-8-16/h3-9,12-13,15,17,23-24H,10-11,14H2,1-2H3,(H,25,29)(H,26,30). The molecule has 3 N–H and O–H groups in total. The Morgan fingerprint density at radius 2 is 2.06 bits per heavy atom. The highest BCUT2D eigenvalue weighted by molar-refractivity contribution is 7.13. The van der Waals surface area contributed by atoms with Crippen LogP contribution in [-0.4, -0.2) is 27.6 Å². The fraction of sp³-hybridized carbons (Fsp3) is 0.348. The quantitative estimate of drug-likeness (QED) is 0.525. The van der Waals surface area contributed by atoms with Crippen molar-refractivity contribution in [1.82, 2.24) is 20.4 Å². The van der Waals surface area contributed by atoms with E-state index in [-0.39, 0.29) is 17.9 Å². The van der Waals surface area contributed by atoms with E-state index in [1.54, 1.807) is 16.0 Å². The number of aryl methyl sites for hydroxylation is 1. The van der Waals surface area contributed by atoms with Crippen LogP contribution in [0.1, 0.15) is 38.5 Å². The lowest BCUT2D eigenvalue weighted by Crippen LogP contribution is -2.55. The summed E-state index contributed by atoms with van der Waals surface area (Å²) in [6.07, 6.45) is 0.924. The van der Waals surface area contributed by atoms with Crippen molar-refractivity contribution in [1.29, 1.82) is 0 Å². The van der Waals surface area contributed by atoms with E-state index in [4.69, 9.17) is 5.10 Å². The zero-order valence-electron chi connectivity index (χ0n) is 17.7. The maximum Gasteiger partial charge on any atom is 0.225 e. The minimum absolute atomic E-state index is 0.0306. The van der Waals surface area contributed by atoms with Crippen LogP contribution in [0.25, 0.3) is 10.6 Å². The van der Waals surface area contributed by atoms with Crippen LogP contribution in [-0.2, 0) is 16.0 Å². The fourth-order valence-corrected chi connectivity index (χ4v) is 4.29. The molecule has 0 radical (unpaired) electrons. The number of benzene rings is 1. The summed E-state index contributed by atoms with van der Waals surface area (Å²) >= 11 is 1.58. The van der Waals surface area contributed by atoms with Gasteiger partial charge in [-0.25, -0.2) is 4.68 Å². The molecule has 0 spiro atoms. The Hall–Kier alpha value is -2.97. The second kappa shape index (κ2) is 9.45. The first-order chi connectivity index (χ1) is 15.0. The molecule has 1 aliphatic rings. The summed E-state index contributed by atoms with van der Waals surface area (Å²) in [4.78, 5) is 26.0. The second-order valence-corrected chi connectivity index (χ2v) is 9.01. The molecule has 31 heavy (non-hydrogen) atoms. The predicted molar refractivity (Wildman–Crippen MR) is 122 cm³/mol. The Labute approximate surface area is 185 Å². The van der Waals surface area contributed by atoms with Gasteiger partial charge in [0.2, 0.25) is 11.8 Å². The molecule has 4 rings (SSSR count). The van der Waals surface area contributed by atoms with Crippen molar-refractivity contribution in [3.8, 4) is 10.6 Å².